The second-order valence-corrected chi connectivity index (χ2v) is 7.27. The maximum atomic E-state index is 4.70. The molecule has 0 saturated carbocycles. The number of hydrogen-bond acceptors (Lipinski definition) is 4. The van der Waals surface area contributed by atoms with Crippen LogP contribution >= 0.6 is 27.3 Å². The molecule has 0 unspecified atom stereocenters. The quantitative estimate of drug-likeness (QED) is 0.427. The molecule has 25 heavy (non-hydrogen) atoms. The lowest BCUT2D eigenvalue weighted by atomic mass is 10.2. The van der Waals surface area contributed by atoms with Gasteiger partial charge in [0, 0.05) is 10.2 Å². The number of thiophene rings is 1. The van der Waals surface area contributed by atoms with Crippen LogP contribution in [0.2, 0.25) is 0 Å². The number of anilines is 2. The highest BCUT2D eigenvalue weighted by molar-refractivity contribution is 9.10. The molecule has 4 aromatic rings. The van der Waals surface area contributed by atoms with Crippen LogP contribution in [0.15, 0.2) is 70.5 Å². The van der Waals surface area contributed by atoms with Gasteiger partial charge >= 0.3 is 0 Å². The van der Waals surface area contributed by atoms with Crippen molar-refractivity contribution < 1.29 is 0 Å². The maximum Gasteiger partial charge on any atom is 0.155 e. The summed E-state index contributed by atoms with van der Waals surface area (Å²) in [6, 6.07) is 20.2. The van der Waals surface area contributed by atoms with E-state index in [-0.39, 0.29) is 0 Å². The van der Waals surface area contributed by atoms with Crippen molar-refractivity contribution in [2.75, 3.05) is 5.32 Å². The molecule has 0 spiro atoms. The normalized spacial score (nSPS) is 11.2. The number of halogens is 1. The summed E-state index contributed by atoms with van der Waals surface area (Å²) < 4.78 is 2.10. The SMILES string of the molecule is Brc1ccc(Nc2nc(/C=C/c3ccccc3)nc3ccsc23)cc1. The third kappa shape index (κ3) is 3.78. The van der Waals surface area contributed by atoms with E-state index in [2.05, 4.69) is 38.4 Å². The average molecular weight is 408 g/mol. The third-order valence-corrected chi connectivity index (χ3v) is 5.09. The molecule has 0 aliphatic heterocycles. The Morgan fingerprint density at radius 3 is 2.48 bits per heavy atom. The van der Waals surface area contributed by atoms with E-state index in [0.717, 1.165) is 31.8 Å². The molecule has 0 amide bonds. The van der Waals surface area contributed by atoms with Gasteiger partial charge in [-0.1, -0.05) is 52.3 Å². The first kappa shape index (κ1) is 16.0. The van der Waals surface area contributed by atoms with Crippen LogP contribution in [0.3, 0.4) is 0 Å². The van der Waals surface area contributed by atoms with Crippen molar-refractivity contribution in [3.63, 3.8) is 0 Å². The Hall–Kier alpha value is -2.50. The lowest BCUT2D eigenvalue weighted by molar-refractivity contribution is 1.19. The fraction of sp³-hybridized carbons (Fsp3) is 0. The lowest BCUT2D eigenvalue weighted by Crippen LogP contribution is -1.97. The summed E-state index contributed by atoms with van der Waals surface area (Å²) in [5, 5.41) is 5.44. The van der Waals surface area contributed by atoms with Crippen LogP contribution in [0.4, 0.5) is 11.5 Å². The zero-order valence-electron chi connectivity index (χ0n) is 13.2. The molecule has 0 fully saturated rings. The highest BCUT2D eigenvalue weighted by atomic mass is 79.9. The summed E-state index contributed by atoms with van der Waals surface area (Å²) in [5.74, 6) is 1.52. The molecule has 0 radical (unpaired) electrons. The van der Waals surface area contributed by atoms with E-state index < -0.39 is 0 Å². The van der Waals surface area contributed by atoms with Gasteiger partial charge in [-0.2, -0.15) is 0 Å². The number of benzene rings is 2. The second-order valence-electron chi connectivity index (χ2n) is 5.44. The van der Waals surface area contributed by atoms with Crippen LogP contribution in [0.1, 0.15) is 11.4 Å². The van der Waals surface area contributed by atoms with Gasteiger partial charge in [-0.05, 0) is 47.4 Å². The first-order valence-electron chi connectivity index (χ1n) is 7.79. The number of aromatic nitrogens is 2. The van der Waals surface area contributed by atoms with Gasteiger partial charge in [0.25, 0.3) is 0 Å². The molecule has 5 heteroatoms. The first-order chi connectivity index (χ1) is 12.3. The van der Waals surface area contributed by atoms with Crippen molar-refractivity contribution in [2.24, 2.45) is 0 Å². The molecule has 2 heterocycles. The zero-order chi connectivity index (χ0) is 17.1. The Bertz CT molecular complexity index is 1020. The van der Waals surface area contributed by atoms with Crippen molar-refractivity contribution in [1.82, 2.24) is 9.97 Å². The fourth-order valence-electron chi connectivity index (χ4n) is 2.45. The van der Waals surface area contributed by atoms with Crippen LogP contribution in [-0.2, 0) is 0 Å². The predicted octanol–water partition coefficient (Wildman–Crippen LogP) is 6.37. The zero-order valence-corrected chi connectivity index (χ0v) is 15.6. The van der Waals surface area contributed by atoms with Crippen molar-refractivity contribution in [3.05, 3.63) is 81.9 Å². The van der Waals surface area contributed by atoms with Gasteiger partial charge in [0.15, 0.2) is 11.6 Å². The van der Waals surface area contributed by atoms with E-state index in [1.54, 1.807) is 11.3 Å². The molecular formula is C20H14BrN3S. The first-order valence-corrected chi connectivity index (χ1v) is 9.46. The summed E-state index contributed by atoms with van der Waals surface area (Å²) in [6.07, 6.45) is 3.97. The minimum Gasteiger partial charge on any atom is -0.339 e. The molecule has 4 rings (SSSR count). The van der Waals surface area contributed by atoms with E-state index in [0.29, 0.717) is 5.82 Å². The molecule has 0 saturated heterocycles. The Labute approximate surface area is 158 Å². The summed E-state index contributed by atoms with van der Waals surface area (Å²) in [6.45, 7) is 0. The van der Waals surface area contributed by atoms with Crippen LogP contribution in [-0.4, -0.2) is 9.97 Å². The highest BCUT2D eigenvalue weighted by Gasteiger charge is 2.08. The number of rotatable bonds is 4. The van der Waals surface area contributed by atoms with E-state index >= 15 is 0 Å². The highest BCUT2D eigenvalue weighted by Crippen LogP contribution is 2.29. The topological polar surface area (TPSA) is 37.8 Å². The summed E-state index contributed by atoms with van der Waals surface area (Å²) in [4.78, 5) is 9.33. The smallest absolute Gasteiger partial charge is 0.155 e. The van der Waals surface area contributed by atoms with Gasteiger partial charge in [-0.15, -0.1) is 11.3 Å². The molecule has 2 aromatic carbocycles. The number of nitrogens with one attached hydrogen (secondary N) is 1. The minimum atomic E-state index is 0.689. The Morgan fingerprint density at radius 1 is 0.880 bits per heavy atom. The van der Waals surface area contributed by atoms with E-state index in [4.69, 9.17) is 4.98 Å². The predicted molar refractivity (Wildman–Crippen MR) is 110 cm³/mol. The number of fused-ring (bicyclic) bond motifs is 1. The van der Waals surface area contributed by atoms with E-state index in [9.17, 15) is 0 Å². The van der Waals surface area contributed by atoms with Crippen molar-refractivity contribution in [3.8, 4) is 0 Å². The molecule has 1 N–H and O–H groups in total. The standard InChI is InChI=1S/C20H14BrN3S/c21-15-7-9-16(10-8-15)22-20-19-17(12-13-25-19)23-18(24-20)11-6-14-4-2-1-3-5-14/h1-13H,(H,22,23,24)/b11-6+. The molecule has 2 aromatic heterocycles. The van der Waals surface area contributed by atoms with Crippen molar-refractivity contribution >= 4 is 61.1 Å². The maximum absolute atomic E-state index is 4.70. The third-order valence-electron chi connectivity index (χ3n) is 3.65. The van der Waals surface area contributed by atoms with E-state index in [1.165, 1.54) is 0 Å². The lowest BCUT2D eigenvalue weighted by Gasteiger charge is -2.07. The average Bonchev–Trinajstić information content (AvgIpc) is 3.12. The Morgan fingerprint density at radius 2 is 1.68 bits per heavy atom. The largest absolute Gasteiger partial charge is 0.339 e. The summed E-state index contributed by atoms with van der Waals surface area (Å²) >= 11 is 5.10. The van der Waals surface area contributed by atoms with Gasteiger partial charge in [-0.3, -0.25) is 0 Å². The second kappa shape index (κ2) is 7.17. The van der Waals surface area contributed by atoms with Gasteiger partial charge in [0.1, 0.15) is 0 Å². The Kier molecular flexibility index (Phi) is 4.59. The van der Waals surface area contributed by atoms with Crippen LogP contribution in [0.25, 0.3) is 22.4 Å². The monoisotopic (exact) mass is 407 g/mol. The number of hydrogen-bond donors (Lipinski definition) is 1. The van der Waals surface area contributed by atoms with E-state index in [1.807, 2.05) is 66.1 Å². The molecule has 0 atom stereocenters. The molecule has 0 bridgehead atoms. The molecule has 122 valence electrons. The summed E-state index contributed by atoms with van der Waals surface area (Å²) in [5.41, 5.74) is 3.07. The van der Waals surface area contributed by atoms with Gasteiger partial charge in [-0.25, -0.2) is 9.97 Å². The molecule has 3 nitrogen and oxygen atoms in total. The molecule has 0 aliphatic rings. The van der Waals surface area contributed by atoms with Crippen LogP contribution < -0.4 is 5.32 Å². The van der Waals surface area contributed by atoms with Crippen molar-refractivity contribution in [1.29, 1.82) is 0 Å². The van der Waals surface area contributed by atoms with Gasteiger partial charge in [0.05, 0.1) is 10.2 Å². The molecular weight excluding hydrogens is 394 g/mol. The van der Waals surface area contributed by atoms with Crippen LogP contribution in [0.5, 0.6) is 0 Å². The van der Waals surface area contributed by atoms with Crippen LogP contribution in [0, 0.1) is 0 Å². The number of nitrogens with zero attached hydrogens (tertiary/aromatic N) is 2. The molecule has 0 aliphatic carbocycles. The fourth-order valence-corrected chi connectivity index (χ4v) is 3.49. The van der Waals surface area contributed by atoms with Gasteiger partial charge < -0.3 is 5.32 Å². The van der Waals surface area contributed by atoms with Gasteiger partial charge in [0.2, 0.25) is 0 Å². The summed E-state index contributed by atoms with van der Waals surface area (Å²) in [7, 11) is 0. The Balaban J connectivity index is 1.69. The minimum absolute atomic E-state index is 0.689. The van der Waals surface area contributed by atoms with Crippen molar-refractivity contribution in [2.45, 2.75) is 0 Å².